The zero-order chi connectivity index (χ0) is 20.5. The molecule has 3 rings (SSSR count). The Labute approximate surface area is 171 Å². The standard InChI is InChI=1S/C19H20N6O3S/c1-14-7-9-16(10-8-14)29-13-19(27)22-21-18(26)11-25-23-17(20-24-25)12-28-15-5-3-2-4-6-15/h2-10H,11-13H2,1H3,(H,21,26)(H,22,27). The fourth-order valence-corrected chi connectivity index (χ4v) is 2.89. The van der Waals surface area contributed by atoms with E-state index in [1.807, 2.05) is 61.5 Å². The van der Waals surface area contributed by atoms with Gasteiger partial charge in [0, 0.05) is 4.90 Å². The van der Waals surface area contributed by atoms with Gasteiger partial charge in [0.2, 0.25) is 11.7 Å². The molecule has 2 N–H and O–H groups in total. The van der Waals surface area contributed by atoms with Crippen molar-refractivity contribution in [2.24, 2.45) is 0 Å². The molecule has 0 aliphatic carbocycles. The average Bonchev–Trinajstić information content (AvgIpc) is 3.18. The molecule has 10 heteroatoms. The maximum atomic E-state index is 11.9. The Hall–Kier alpha value is -3.40. The third kappa shape index (κ3) is 6.92. The van der Waals surface area contributed by atoms with Crippen molar-refractivity contribution in [2.45, 2.75) is 25.0 Å². The lowest BCUT2D eigenvalue weighted by Crippen LogP contribution is -2.44. The largest absolute Gasteiger partial charge is 0.485 e. The third-order valence-electron chi connectivity index (χ3n) is 3.62. The van der Waals surface area contributed by atoms with Gasteiger partial charge in [0.15, 0.2) is 6.61 Å². The maximum Gasteiger partial charge on any atom is 0.262 e. The first kappa shape index (κ1) is 20.3. The van der Waals surface area contributed by atoms with Crippen LogP contribution in [0.15, 0.2) is 59.5 Å². The van der Waals surface area contributed by atoms with Crippen LogP contribution in [0.2, 0.25) is 0 Å². The molecule has 0 saturated carbocycles. The van der Waals surface area contributed by atoms with Crippen molar-refractivity contribution >= 4 is 23.6 Å². The number of aryl methyl sites for hydroxylation is 1. The fourth-order valence-electron chi connectivity index (χ4n) is 2.19. The molecule has 0 aliphatic rings. The molecule has 9 nitrogen and oxygen atoms in total. The van der Waals surface area contributed by atoms with Crippen molar-refractivity contribution in [3.63, 3.8) is 0 Å². The number of rotatable bonds is 8. The Morgan fingerprint density at radius 3 is 2.52 bits per heavy atom. The van der Waals surface area contributed by atoms with Gasteiger partial charge < -0.3 is 4.74 Å². The van der Waals surface area contributed by atoms with Gasteiger partial charge >= 0.3 is 0 Å². The van der Waals surface area contributed by atoms with E-state index < -0.39 is 5.91 Å². The van der Waals surface area contributed by atoms with Crippen LogP contribution in [-0.2, 0) is 22.7 Å². The molecule has 0 radical (unpaired) electrons. The van der Waals surface area contributed by atoms with Gasteiger partial charge in [-0.15, -0.1) is 22.0 Å². The number of hydrogen-bond acceptors (Lipinski definition) is 7. The second kappa shape index (κ2) is 10.2. The van der Waals surface area contributed by atoms with E-state index in [4.69, 9.17) is 4.74 Å². The number of nitrogens with zero attached hydrogens (tertiary/aromatic N) is 4. The number of carbonyl (C=O) groups is 2. The molecule has 2 amide bonds. The number of ether oxygens (including phenoxy) is 1. The number of amides is 2. The summed E-state index contributed by atoms with van der Waals surface area (Å²) in [5.74, 6) is 0.443. The summed E-state index contributed by atoms with van der Waals surface area (Å²) in [6.07, 6.45) is 0. The van der Waals surface area contributed by atoms with Gasteiger partial charge in [-0.05, 0) is 36.4 Å². The van der Waals surface area contributed by atoms with Crippen molar-refractivity contribution in [1.29, 1.82) is 0 Å². The predicted octanol–water partition coefficient (Wildman–Crippen LogP) is 1.50. The second-order valence-corrected chi connectivity index (χ2v) is 7.08. The van der Waals surface area contributed by atoms with Gasteiger partial charge in [0.1, 0.15) is 12.3 Å². The molecule has 29 heavy (non-hydrogen) atoms. The number of hydrazine groups is 1. The lowest BCUT2D eigenvalue weighted by Gasteiger charge is -2.07. The molecule has 150 valence electrons. The molecule has 0 fully saturated rings. The maximum absolute atomic E-state index is 11.9. The Balaban J connectivity index is 1.36. The highest BCUT2D eigenvalue weighted by Crippen LogP contribution is 2.17. The summed E-state index contributed by atoms with van der Waals surface area (Å²) in [6, 6.07) is 17.1. The van der Waals surface area contributed by atoms with Crippen molar-refractivity contribution in [3.05, 3.63) is 66.0 Å². The first-order chi connectivity index (χ1) is 14.1. The number of benzene rings is 2. The fraction of sp³-hybridized carbons (Fsp3) is 0.211. The number of nitrogens with one attached hydrogen (secondary N) is 2. The summed E-state index contributed by atoms with van der Waals surface area (Å²) in [4.78, 5) is 25.9. The molecule has 1 aromatic heterocycles. The summed E-state index contributed by atoms with van der Waals surface area (Å²) >= 11 is 1.38. The van der Waals surface area contributed by atoms with E-state index in [9.17, 15) is 9.59 Å². The third-order valence-corrected chi connectivity index (χ3v) is 4.63. The van der Waals surface area contributed by atoms with Gasteiger partial charge in [0.05, 0.1) is 5.75 Å². The number of hydrogen-bond donors (Lipinski definition) is 2. The Bertz CT molecular complexity index is 946. The molecule has 0 spiro atoms. The average molecular weight is 412 g/mol. The van der Waals surface area contributed by atoms with Gasteiger partial charge in [0.25, 0.3) is 5.91 Å². The van der Waals surface area contributed by atoms with Crippen LogP contribution >= 0.6 is 11.8 Å². The molecular formula is C19H20N6O3S. The van der Waals surface area contributed by atoms with Crippen LogP contribution in [0.4, 0.5) is 0 Å². The van der Waals surface area contributed by atoms with Crippen LogP contribution in [0.25, 0.3) is 0 Å². The Kier molecular flexibility index (Phi) is 7.17. The van der Waals surface area contributed by atoms with Crippen molar-refractivity contribution in [1.82, 2.24) is 31.1 Å². The van der Waals surface area contributed by atoms with E-state index in [1.165, 1.54) is 11.8 Å². The van der Waals surface area contributed by atoms with Crippen molar-refractivity contribution in [2.75, 3.05) is 5.75 Å². The molecule has 1 heterocycles. The summed E-state index contributed by atoms with van der Waals surface area (Å²) in [7, 11) is 0. The first-order valence-electron chi connectivity index (χ1n) is 8.80. The smallest absolute Gasteiger partial charge is 0.262 e. The van der Waals surface area contributed by atoms with Gasteiger partial charge in [-0.2, -0.15) is 4.80 Å². The van der Waals surface area contributed by atoms with E-state index >= 15 is 0 Å². The minimum Gasteiger partial charge on any atom is -0.485 e. The lowest BCUT2D eigenvalue weighted by atomic mass is 10.2. The molecule has 0 atom stereocenters. The molecular weight excluding hydrogens is 392 g/mol. The minimum absolute atomic E-state index is 0.138. The SMILES string of the molecule is Cc1ccc(SCC(=O)NNC(=O)Cn2nnc(COc3ccccc3)n2)cc1. The Morgan fingerprint density at radius 1 is 1.03 bits per heavy atom. The predicted molar refractivity (Wildman–Crippen MR) is 107 cm³/mol. The van der Waals surface area contributed by atoms with Crippen LogP contribution in [-0.4, -0.2) is 37.8 Å². The molecule has 0 unspecified atom stereocenters. The van der Waals surface area contributed by atoms with Crippen molar-refractivity contribution < 1.29 is 14.3 Å². The highest BCUT2D eigenvalue weighted by Gasteiger charge is 2.10. The number of thioether (sulfide) groups is 1. The molecule has 0 aliphatic heterocycles. The van der Waals surface area contributed by atoms with E-state index in [-0.39, 0.29) is 24.8 Å². The van der Waals surface area contributed by atoms with Gasteiger partial charge in [-0.25, -0.2) is 0 Å². The molecule has 0 saturated heterocycles. The summed E-state index contributed by atoms with van der Waals surface area (Å²) < 4.78 is 5.52. The topological polar surface area (TPSA) is 111 Å². The van der Waals surface area contributed by atoms with Crippen LogP contribution in [0.1, 0.15) is 11.4 Å². The van der Waals surface area contributed by atoms with Crippen molar-refractivity contribution in [3.8, 4) is 5.75 Å². The second-order valence-electron chi connectivity index (χ2n) is 6.04. The zero-order valence-corrected chi connectivity index (χ0v) is 16.6. The number of carbonyl (C=O) groups excluding carboxylic acids is 2. The van der Waals surface area contributed by atoms with E-state index in [1.54, 1.807) is 0 Å². The number of tetrazole rings is 1. The zero-order valence-electron chi connectivity index (χ0n) is 15.7. The number of aromatic nitrogens is 4. The van der Waals surface area contributed by atoms with E-state index in [2.05, 4.69) is 26.3 Å². The molecule has 2 aromatic carbocycles. The lowest BCUT2D eigenvalue weighted by molar-refractivity contribution is -0.128. The van der Waals surface area contributed by atoms with E-state index in [0.29, 0.717) is 11.6 Å². The first-order valence-corrected chi connectivity index (χ1v) is 9.79. The molecule has 0 bridgehead atoms. The Morgan fingerprint density at radius 2 is 1.76 bits per heavy atom. The van der Waals surface area contributed by atoms with Gasteiger partial charge in [-0.1, -0.05) is 35.9 Å². The minimum atomic E-state index is -0.466. The van der Waals surface area contributed by atoms with Gasteiger partial charge in [-0.3, -0.25) is 20.4 Å². The van der Waals surface area contributed by atoms with Crippen LogP contribution in [0.3, 0.4) is 0 Å². The summed E-state index contributed by atoms with van der Waals surface area (Å²) in [6.45, 7) is 1.96. The summed E-state index contributed by atoms with van der Waals surface area (Å²) in [5, 5.41) is 11.7. The van der Waals surface area contributed by atoms with E-state index in [0.717, 1.165) is 15.3 Å². The molecule has 3 aromatic rings. The quantitative estimate of drug-likeness (QED) is 0.426. The van der Waals surface area contributed by atoms with Crippen LogP contribution < -0.4 is 15.6 Å². The van der Waals surface area contributed by atoms with Crippen LogP contribution in [0, 0.1) is 6.92 Å². The monoisotopic (exact) mass is 412 g/mol. The number of para-hydroxylation sites is 1. The van der Waals surface area contributed by atoms with Crippen LogP contribution in [0.5, 0.6) is 5.75 Å². The highest BCUT2D eigenvalue weighted by atomic mass is 32.2. The summed E-state index contributed by atoms with van der Waals surface area (Å²) in [5.41, 5.74) is 5.85. The normalized spacial score (nSPS) is 10.4. The highest BCUT2D eigenvalue weighted by molar-refractivity contribution is 8.00.